The molecule has 19 heavy (non-hydrogen) atoms. The quantitative estimate of drug-likeness (QED) is 0.651. The lowest BCUT2D eigenvalue weighted by Gasteiger charge is -2.02. The molecule has 0 atom stereocenters. The molecule has 0 spiro atoms. The van der Waals surface area contributed by atoms with Gasteiger partial charge in [0.25, 0.3) is 15.9 Å². The highest BCUT2D eigenvalue weighted by Crippen LogP contribution is 2.11. The minimum absolute atomic E-state index is 0.157. The van der Waals surface area contributed by atoms with Crippen LogP contribution < -0.4 is 4.18 Å². The van der Waals surface area contributed by atoms with E-state index in [1.807, 2.05) is 0 Å². The van der Waals surface area contributed by atoms with Crippen molar-refractivity contribution in [1.29, 1.82) is 0 Å². The summed E-state index contributed by atoms with van der Waals surface area (Å²) in [6, 6.07) is 1.02. The molecule has 1 heterocycles. The first-order valence-corrected chi connectivity index (χ1v) is 8.28. The van der Waals surface area contributed by atoms with Gasteiger partial charge in [-0.15, -0.1) is 5.10 Å². The van der Waals surface area contributed by atoms with Crippen LogP contribution in [0.1, 0.15) is 13.3 Å². The van der Waals surface area contributed by atoms with E-state index in [0.717, 1.165) is 12.3 Å². The van der Waals surface area contributed by atoms with Gasteiger partial charge in [0.05, 0.1) is 5.75 Å². The molecule has 0 bridgehead atoms. The predicted molar refractivity (Wildman–Crippen MR) is 63.8 cm³/mol. The summed E-state index contributed by atoms with van der Waals surface area (Å²) in [6.45, 7) is 1.66. The van der Waals surface area contributed by atoms with E-state index >= 15 is 0 Å². The van der Waals surface area contributed by atoms with E-state index in [1.165, 1.54) is 0 Å². The molecule has 0 aliphatic heterocycles. The number of carbonyl (C=O) groups is 1. The predicted octanol–water partition coefficient (Wildman–Crippen LogP) is -0.736. The summed E-state index contributed by atoms with van der Waals surface area (Å²) >= 11 is 0. The smallest absolute Gasteiger partial charge is 0.322 e. The second-order valence-corrected chi connectivity index (χ2v) is 7.04. The molecule has 108 valence electrons. The van der Waals surface area contributed by atoms with Crippen molar-refractivity contribution in [1.82, 2.24) is 9.19 Å². The molecule has 0 aliphatic carbocycles. The summed E-state index contributed by atoms with van der Waals surface area (Å²) in [4.78, 5) is 10.3. The summed E-state index contributed by atoms with van der Waals surface area (Å²) in [5.74, 6) is -3.48. The summed E-state index contributed by atoms with van der Waals surface area (Å²) in [5.41, 5.74) is 0. The van der Waals surface area contributed by atoms with Gasteiger partial charge in [-0.05, 0) is 6.42 Å². The van der Waals surface area contributed by atoms with E-state index in [9.17, 15) is 21.6 Å². The Morgan fingerprint density at radius 1 is 1.42 bits per heavy atom. The third-order valence-electron chi connectivity index (χ3n) is 1.80. The maximum atomic E-state index is 11.6. The van der Waals surface area contributed by atoms with Crippen molar-refractivity contribution < 1.29 is 30.9 Å². The van der Waals surface area contributed by atoms with Crippen molar-refractivity contribution in [3.8, 4) is 5.88 Å². The van der Waals surface area contributed by atoms with Crippen LogP contribution >= 0.6 is 0 Å². The van der Waals surface area contributed by atoms with E-state index in [2.05, 4.69) is 9.28 Å². The highest BCUT2D eigenvalue weighted by Gasteiger charge is 2.21. The van der Waals surface area contributed by atoms with Gasteiger partial charge in [0.2, 0.25) is 0 Å². The van der Waals surface area contributed by atoms with Gasteiger partial charge in [-0.1, -0.05) is 6.92 Å². The van der Waals surface area contributed by atoms with Crippen LogP contribution in [0, 0.1) is 0 Å². The van der Waals surface area contributed by atoms with Gasteiger partial charge in [0, 0.05) is 12.3 Å². The highest BCUT2D eigenvalue weighted by atomic mass is 32.2. The van der Waals surface area contributed by atoms with Gasteiger partial charge in [-0.25, -0.2) is 8.42 Å². The van der Waals surface area contributed by atoms with Gasteiger partial charge in [-0.3, -0.25) is 4.79 Å². The van der Waals surface area contributed by atoms with Crippen molar-refractivity contribution in [3.05, 3.63) is 12.3 Å². The summed E-state index contributed by atoms with van der Waals surface area (Å²) in [6.07, 6.45) is 1.40. The fourth-order valence-electron chi connectivity index (χ4n) is 1.15. The number of carboxylic acids is 1. The Balaban J connectivity index is 2.90. The zero-order chi connectivity index (χ0) is 14.7. The minimum Gasteiger partial charge on any atom is -0.480 e. The maximum Gasteiger partial charge on any atom is 0.322 e. The van der Waals surface area contributed by atoms with Crippen molar-refractivity contribution in [2.45, 2.75) is 13.3 Å². The number of aliphatic carboxylic acids is 1. The van der Waals surface area contributed by atoms with E-state index in [0.29, 0.717) is 10.5 Å². The molecule has 0 unspecified atom stereocenters. The Kier molecular flexibility index (Phi) is 4.52. The average molecular weight is 312 g/mol. The van der Waals surface area contributed by atoms with Crippen molar-refractivity contribution >= 4 is 26.1 Å². The zero-order valence-electron chi connectivity index (χ0n) is 9.88. The van der Waals surface area contributed by atoms with Crippen molar-refractivity contribution in [2.75, 3.05) is 11.5 Å². The first-order valence-electron chi connectivity index (χ1n) is 5.09. The van der Waals surface area contributed by atoms with E-state index in [4.69, 9.17) is 5.11 Å². The number of carboxylic acid groups (broad SMARTS) is 1. The molecule has 11 heteroatoms. The number of aromatic nitrogens is 2. The Morgan fingerprint density at radius 2 is 2.05 bits per heavy atom. The molecule has 1 aromatic heterocycles. The molecular formula is C8H12N2O7S2. The van der Waals surface area contributed by atoms with E-state index in [-0.39, 0.29) is 5.75 Å². The zero-order valence-corrected chi connectivity index (χ0v) is 11.5. The third kappa shape index (κ3) is 4.52. The normalized spacial score (nSPS) is 12.3. The fraction of sp³-hybridized carbons (Fsp3) is 0.500. The lowest BCUT2D eigenvalue weighted by atomic mass is 10.6. The Hall–Kier alpha value is -1.62. The lowest BCUT2D eigenvalue weighted by Crippen LogP contribution is -2.21. The van der Waals surface area contributed by atoms with E-state index < -0.39 is 37.7 Å². The molecule has 0 radical (unpaired) electrons. The van der Waals surface area contributed by atoms with Gasteiger partial charge in [-0.2, -0.15) is 12.5 Å². The van der Waals surface area contributed by atoms with Crippen molar-refractivity contribution in [3.63, 3.8) is 0 Å². The molecule has 0 saturated heterocycles. The van der Waals surface area contributed by atoms with Crippen LogP contribution in [0.3, 0.4) is 0 Å². The van der Waals surface area contributed by atoms with E-state index in [1.54, 1.807) is 6.92 Å². The second kappa shape index (κ2) is 5.57. The van der Waals surface area contributed by atoms with Crippen LogP contribution in [0.2, 0.25) is 0 Å². The number of nitrogens with zero attached hydrogens (tertiary/aromatic N) is 2. The summed E-state index contributed by atoms with van der Waals surface area (Å²) in [7, 11) is -8.00. The van der Waals surface area contributed by atoms with Crippen LogP contribution in [-0.4, -0.2) is 48.6 Å². The van der Waals surface area contributed by atoms with Crippen LogP contribution in [0.4, 0.5) is 0 Å². The van der Waals surface area contributed by atoms with Gasteiger partial charge >= 0.3 is 16.1 Å². The lowest BCUT2D eigenvalue weighted by molar-refractivity contribution is -0.134. The van der Waals surface area contributed by atoms with Gasteiger partial charge < -0.3 is 9.29 Å². The molecule has 0 aliphatic rings. The van der Waals surface area contributed by atoms with Gasteiger partial charge in [0.15, 0.2) is 5.75 Å². The van der Waals surface area contributed by atoms with Crippen LogP contribution in [0.5, 0.6) is 5.88 Å². The van der Waals surface area contributed by atoms with Gasteiger partial charge in [0.1, 0.15) is 0 Å². The topological polar surface area (TPSA) is 133 Å². The Bertz CT molecular complexity index is 659. The van der Waals surface area contributed by atoms with Crippen LogP contribution in [-0.2, 0) is 24.9 Å². The first kappa shape index (κ1) is 15.4. The summed E-state index contributed by atoms with van der Waals surface area (Å²) in [5, 5.41) is 11.8. The largest absolute Gasteiger partial charge is 0.480 e. The Morgan fingerprint density at radius 3 is 2.58 bits per heavy atom. The van der Waals surface area contributed by atoms with Crippen LogP contribution in [0.25, 0.3) is 0 Å². The number of hydrogen-bond donors (Lipinski definition) is 1. The molecule has 1 aromatic rings. The molecule has 1 N–H and O–H groups in total. The fourth-order valence-corrected chi connectivity index (χ4v) is 3.02. The second-order valence-electron chi connectivity index (χ2n) is 3.52. The summed E-state index contributed by atoms with van der Waals surface area (Å²) < 4.78 is 50.5. The molecule has 0 saturated carbocycles. The number of hydrogen-bond acceptors (Lipinski definition) is 7. The third-order valence-corrected chi connectivity index (χ3v) is 4.52. The highest BCUT2D eigenvalue weighted by molar-refractivity contribution is 7.89. The molecule has 9 nitrogen and oxygen atoms in total. The minimum atomic E-state index is -4.35. The molecule has 0 aromatic carbocycles. The SMILES string of the molecule is CCCS(=O)(=O)n1ccc(OS(=O)(=O)CC(=O)O)n1. The first-order chi connectivity index (χ1) is 8.66. The maximum absolute atomic E-state index is 11.6. The standard InChI is InChI=1S/C8H12N2O7S2/c1-2-5-18(13,14)10-4-3-7(9-10)17-19(15,16)6-8(11)12/h3-4H,2,5-6H2,1H3,(H,11,12). The monoisotopic (exact) mass is 312 g/mol. The Labute approximate surface area is 110 Å². The number of rotatable bonds is 7. The van der Waals surface area contributed by atoms with Crippen LogP contribution in [0.15, 0.2) is 12.3 Å². The molecule has 0 amide bonds. The average Bonchev–Trinajstić information content (AvgIpc) is 2.63. The molecule has 0 fully saturated rings. The molecular weight excluding hydrogens is 300 g/mol. The molecule has 1 rings (SSSR count). The van der Waals surface area contributed by atoms with Crippen molar-refractivity contribution in [2.24, 2.45) is 0 Å².